The van der Waals surface area contributed by atoms with Crippen molar-refractivity contribution in [3.05, 3.63) is 65.7 Å². The standard InChI is InChI=1S/C22H29NO2/c1-17(14-15-18-10-6-5-7-11-18)23-21(24)16-25-20-13-9-8-12-19(20)22(2,3)4/h5-13,17H,14-16H2,1-4H3,(H,23,24)/t17-/m0/s1. The summed E-state index contributed by atoms with van der Waals surface area (Å²) in [5.74, 6) is 0.700. The maximum atomic E-state index is 12.2. The molecule has 1 atom stereocenters. The Bertz CT molecular complexity index is 674. The third kappa shape index (κ3) is 6.26. The molecule has 134 valence electrons. The number of aryl methyl sites for hydroxylation is 1. The van der Waals surface area contributed by atoms with Gasteiger partial charge in [0.05, 0.1) is 0 Å². The predicted molar refractivity (Wildman–Crippen MR) is 103 cm³/mol. The van der Waals surface area contributed by atoms with Gasteiger partial charge in [0, 0.05) is 6.04 Å². The van der Waals surface area contributed by atoms with Crippen LogP contribution < -0.4 is 10.1 Å². The van der Waals surface area contributed by atoms with E-state index in [4.69, 9.17) is 4.74 Å². The molecule has 1 amide bonds. The summed E-state index contributed by atoms with van der Waals surface area (Å²) in [6, 6.07) is 18.4. The fraction of sp³-hybridized carbons (Fsp3) is 0.409. The third-order valence-corrected chi connectivity index (χ3v) is 4.17. The Labute approximate surface area is 151 Å². The molecule has 0 aliphatic rings. The summed E-state index contributed by atoms with van der Waals surface area (Å²) in [5, 5.41) is 3.01. The minimum absolute atomic E-state index is 0.0178. The average molecular weight is 339 g/mol. The predicted octanol–water partition coefficient (Wildman–Crippen LogP) is 4.50. The molecule has 0 radical (unpaired) electrons. The van der Waals surface area contributed by atoms with Gasteiger partial charge in [-0.1, -0.05) is 69.3 Å². The topological polar surface area (TPSA) is 38.3 Å². The van der Waals surface area contributed by atoms with Crippen molar-refractivity contribution in [1.29, 1.82) is 0 Å². The molecule has 1 N–H and O–H groups in total. The molecule has 0 spiro atoms. The molecule has 0 bridgehead atoms. The number of nitrogens with one attached hydrogen (secondary N) is 1. The lowest BCUT2D eigenvalue weighted by atomic mass is 9.86. The first-order chi connectivity index (χ1) is 11.9. The number of hydrogen-bond acceptors (Lipinski definition) is 2. The Hall–Kier alpha value is -2.29. The van der Waals surface area contributed by atoms with E-state index in [1.807, 2.05) is 43.3 Å². The van der Waals surface area contributed by atoms with E-state index in [2.05, 4.69) is 44.3 Å². The highest BCUT2D eigenvalue weighted by atomic mass is 16.5. The van der Waals surface area contributed by atoms with Crippen molar-refractivity contribution >= 4 is 5.91 Å². The molecule has 2 aromatic carbocycles. The van der Waals surface area contributed by atoms with E-state index in [1.54, 1.807) is 0 Å². The van der Waals surface area contributed by atoms with Gasteiger partial charge in [0.2, 0.25) is 0 Å². The normalized spacial score (nSPS) is 12.5. The van der Waals surface area contributed by atoms with Crippen LogP contribution in [0.25, 0.3) is 0 Å². The van der Waals surface area contributed by atoms with E-state index in [9.17, 15) is 4.79 Å². The highest BCUT2D eigenvalue weighted by molar-refractivity contribution is 5.77. The maximum absolute atomic E-state index is 12.2. The average Bonchev–Trinajstić information content (AvgIpc) is 2.58. The first-order valence-corrected chi connectivity index (χ1v) is 8.92. The molecule has 0 fully saturated rings. The van der Waals surface area contributed by atoms with Gasteiger partial charge in [-0.2, -0.15) is 0 Å². The summed E-state index contributed by atoms with van der Waals surface area (Å²) in [5.41, 5.74) is 2.38. The number of ether oxygens (including phenoxy) is 1. The monoisotopic (exact) mass is 339 g/mol. The van der Waals surface area contributed by atoms with Crippen molar-refractivity contribution in [2.45, 2.75) is 52.0 Å². The lowest BCUT2D eigenvalue weighted by molar-refractivity contribution is -0.123. The molecule has 25 heavy (non-hydrogen) atoms. The summed E-state index contributed by atoms with van der Waals surface area (Å²) in [6.45, 7) is 8.50. The summed E-state index contributed by atoms with van der Waals surface area (Å²) < 4.78 is 5.78. The van der Waals surface area contributed by atoms with Crippen molar-refractivity contribution in [1.82, 2.24) is 5.32 Å². The van der Waals surface area contributed by atoms with Crippen LogP contribution in [0.4, 0.5) is 0 Å². The van der Waals surface area contributed by atoms with Crippen molar-refractivity contribution in [3.8, 4) is 5.75 Å². The maximum Gasteiger partial charge on any atom is 0.258 e. The zero-order chi connectivity index (χ0) is 18.3. The van der Waals surface area contributed by atoms with Gasteiger partial charge in [-0.05, 0) is 42.4 Å². The van der Waals surface area contributed by atoms with E-state index in [-0.39, 0.29) is 24.0 Å². The number of rotatable bonds is 7. The van der Waals surface area contributed by atoms with E-state index in [1.165, 1.54) is 5.56 Å². The number of amides is 1. The second kappa shape index (κ2) is 8.70. The van der Waals surface area contributed by atoms with Crippen molar-refractivity contribution in [2.75, 3.05) is 6.61 Å². The first kappa shape index (κ1) is 19.0. The zero-order valence-corrected chi connectivity index (χ0v) is 15.7. The molecule has 0 saturated heterocycles. The number of hydrogen-bond donors (Lipinski definition) is 1. The van der Waals surface area contributed by atoms with E-state index in [0.717, 1.165) is 24.2 Å². The molecule has 3 heteroatoms. The molecule has 2 rings (SSSR count). The van der Waals surface area contributed by atoms with Crippen molar-refractivity contribution < 1.29 is 9.53 Å². The van der Waals surface area contributed by atoms with Crippen LogP contribution in [0, 0.1) is 0 Å². The molecule has 0 aliphatic heterocycles. The Balaban J connectivity index is 1.81. The van der Waals surface area contributed by atoms with Crippen LogP contribution in [0.1, 0.15) is 45.2 Å². The van der Waals surface area contributed by atoms with E-state index in [0.29, 0.717) is 0 Å². The second-order valence-corrected chi connectivity index (χ2v) is 7.53. The molecule has 3 nitrogen and oxygen atoms in total. The quantitative estimate of drug-likeness (QED) is 0.806. The molecular weight excluding hydrogens is 310 g/mol. The second-order valence-electron chi connectivity index (χ2n) is 7.53. The van der Waals surface area contributed by atoms with Gasteiger partial charge in [0.25, 0.3) is 5.91 Å². The highest BCUT2D eigenvalue weighted by Gasteiger charge is 2.19. The summed E-state index contributed by atoms with van der Waals surface area (Å²) in [6.07, 6.45) is 1.87. The zero-order valence-electron chi connectivity index (χ0n) is 15.7. The first-order valence-electron chi connectivity index (χ1n) is 8.92. The summed E-state index contributed by atoms with van der Waals surface area (Å²) in [7, 11) is 0. The molecule has 0 saturated carbocycles. The van der Waals surface area contributed by atoms with Crippen LogP contribution in [0.15, 0.2) is 54.6 Å². The Morgan fingerprint density at radius 2 is 1.68 bits per heavy atom. The minimum Gasteiger partial charge on any atom is -0.483 e. The molecular formula is C22H29NO2. The third-order valence-electron chi connectivity index (χ3n) is 4.17. The van der Waals surface area contributed by atoms with Crippen molar-refractivity contribution in [3.63, 3.8) is 0 Å². The van der Waals surface area contributed by atoms with Crippen LogP contribution in [0.5, 0.6) is 5.75 Å². The lowest BCUT2D eigenvalue weighted by Gasteiger charge is -2.22. The Kier molecular flexibility index (Phi) is 6.63. The smallest absolute Gasteiger partial charge is 0.258 e. The molecule has 2 aromatic rings. The van der Waals surface area contributed by atoms with Crippen LogP contribution in [0.2, 0.25) is 0 Å². The van der Waals surface area contributed by atoms with Gasteiger partial charge >= 0.3 is 0 Å². The summed E-state index contributed by atoms with van der Waals surface area (Å²) in [4.78, 5) is 12.2. The van der Waals surface area contributed by atoms with Gasteiger partial charge in [-0.15, -0.1) is 0 Å². The van der Waals surface area contributed by atoms with Crippen LogP contribution >= 0.6 is 0 Å². The number of benzene rings is 2. The largest absolute Gasteiger partial charge is 0.483 e. The van der Waals surface area contributed by atoms with Gasteiger partial charge in [0.1, 0.15) is 5.75 Å². The van der Waals surface area contributed by atoms with Crippen LogP contribution in [-0.2, 0) is 16.6 Å². The highest BCUT2D eigenvalue weighted by Crippen LogP contribution is 2.30. The van der Waals surface area contributed by atoms with Crippen LogP contribution in [0.3, 0.4) is 0 Å². The summed E-state index contributed by atoms with van der Waals surface area (Å²) >= 11 is 0. The fourth-order valence-electron chi connectivity index (χ4n) is 2.77. The number of para-hydroxylation sites is 1. The Morgan fingerprint density at radius 1 is 1.04 bits per heavy atom. The minimum atomic E-state index is -0.0794. The molecule has 0 aromatic heterocycles. The van der Waals surface area contributed by atoms with Gasteiger partial charge in [-0.3, -0.25) is 4.79 Å². The Morgan fingerprint density at radius 3 is 2.36 bits per heavy atom. The fourth-order valence-corrected chi connectivity index (χ4v) is 2.77. The molecule has 0 heterocycles. The van der Waals surface area contributed by atoms with E-state index < -0.39 is 0 Å². The number of carbonyl (C=O) groups is 1. The van der Waals surface area contributed by atoms with Gasteiger partial charge in [-0.25, -0.2) is 0 Å². The van der Waals surface area contributed by atoms with Crippen molar-refractivity contribution in [2.24, 2.45) is 0 Å². The molecule has 0 aliphatic carbocycles. The van der Waals surface area contributed by atoms with E-state index >= 15 is 0 Å². The van der Waals surface area contributed by atoms with Crippen LogP contribution in [-0.4, -0.2) is 18.6 Å². The SMILES string of the molecule is C[C@@H](CCc1ccccc1)NC(=O)COc1ccccc1C(C)(C)C. The number of carbonyl (C=O) groups excluding carboxylic acids is 1. The van der Waals surface area contributed by atoms with Gasteiger partial charge in [0.15, 0.2) is 6.61 Å². The molecule has 0 unspecified atom stereocenters. The van der Waals surface area contributed by atoms with Gasteiger partial charge < -0.3 is 10.1 Å². The lowest BCUT2D eigenvalue weighted by Crippen LogP contribution is -2.36.